The average molecular weight is 387 g/mol. The first kappa shape index (κ1) is 19.3. The number of ketones is 1. The Kier molecular flexibility index (Phi) is 6.01. The van der Waals surface area contributed by atoms with Crippen molar-refractivity contribution < 1.29 is 14.3 Å². The lowest BCUT2D eigenvalue weighted by molar-refractivity contribution is -0.00150. The van der Waals surface area contributed by atoms with E-state index in [0.29, 0.717) is 35.1 Å². The van der Waals surface area contributed by atoms with Gasteiger partial charge in [0, 0.05) is 23.6 Å². The van der Waals surface area contributed by atoms with E-state index in [-0.39, 0.29) is 17.9 Å². The molecule has 1 N–H and O–H groups in total. The number of nitrogens with one attached hydrogen (secondary N) is 1. The van der Waals surface area contributed by atoms with E-state index in [2.05, 4.69) is 29.6 Å². The zero-order chi connectivity index (χ0) is 20.1. The van der Waals surface area contributed by atoms with Gasteiger partial charge in [-0.1, -0.05) is 66.8 Å². The summed E-state index contributed by atoms with van der Waals surface area (Å²) < 4.78 is 5.88. The fourth-order valence-electron chi connectivity index (χ4n) is 4.11. The van der Waals surface area contributed by atoms with Gasteiger partial charge in [0.25, 0.3) is 0 Å². The number of esters is 1. The zero-order valence-electron chi connectivity index (χ0n) is 16.3. The number of piperidine rings is 1. The number of rotatable bonds is 5. The first-order valence-electron chi connectivity index (χ1n) is 10.2. The Morgan fingerprint density at radius 2 is 1.62 bits per heavy atom. The third-order valence-electron chi connectivity index (χ3n) is 5.72. The molecular formula is C25H25NO3. The van der Waals surface area contributed by atoms with E-state index in [0.717, 1.165) is 19.4 Å². The highest BCUT2D eigenvalue weighted by Crippen LogP contribution is 2.30. The number of carbonyl (C=O) groups excluding carboxylic acids is 2. The highest BCUT2D eigenvalue weighted by atomic mass is 16.5. The number of hydrogen-bond donors (Lipinski definition) is 1. The van der Waals surface area contributed by atoms with Crippen LogP contribution in [0.3, 0.4) is 0 Å². The summed E-state index contributed by atoms with van der Waals surface area (Å²) in [5.41, 5.74) is 1.66. The molecule has 29 heavy (non-hydrogen) atoms. The van der Waals surface area contributed by atoms with Crippen molar-refractivity contribution >= 4 is 11.8 Å². The van der Waals surface area contributed by atoms with Crippen molar-refractivity contribution in [3.8, 4) is 0 Å². The molecular weight excluding hydrogens is 362 g/mol. The molecule has 0 amide bonds. The van der Waals surface area contributed by atoms with Gasteiger partial charge in [-0.2, -0.15) is 0 Å². The van der Waals surface area contributed by atoms with Gasteiger partial charge in [0.1, 0.15) is 6.10 Å². The normalized spacial score (nSPS) is 23.5. The van der Waals surface area contributed by atoms with Gasteiger partial charge in [0.2, 0.25) is 0 Å². The molecule has 2 aliphatic rings. The maximum atomic E-state index is 12.7. The molecule has 4 rings (SSSR count). The minimum absolute atomic E-state index is 0.0563. The number of carbonyl (C=O) groups is 2. The Labute approximate surface area is 171 Å². The predicted octanol–water partition coefficient (Wildman–Crippen LogP) is 4.18. The molecule has 1 fully saturated rings. The molecule has 2 aromatic rings. The highest BCUT2D eigenvalue weighted by Gasteiger charge is 2.33. The van der Waals surface area contributed by atoms with Crippen LogP contribution in [0.2, 0.25) is 0 Å². The van der Waals surface area contributed by atoms with Gasteiger partial charge in [-0.3, -0.25) is 4.79 Å². The second-order valence-electron chi connectivity index (χ2n) is 7.59. The number of allylic oxidation sites excluding steroid dienone is 4. The van der Waals surface area contributed by atoms with Crippen molar-refractivity contribution in [1.29, 1.82) is 0 Å². The van der Waals surface area contributed by atoms with Crippen molar-refractivity contribution in [3.63, 3.8) is 0 Å². The Morgan fingerprint density at radius 1 is 0.897 bits per heavy atom. The SMILES string of the molecule is O=C(O[C@@H]1CNCCC1[C@H]1C=CC=CC1)c1ccc(C(=O)c2ccccc2)cc1. The summed E-state index contributed by atoms with van der Waals surface area (Å²) in [6.07, 6.45) is 10.4. The summed E-state index contributed by atoms with van der Waals surface area (Å²) in [7, 11) is 0. The van der Waals surface area contributed by atoms with Crippen LogP contribution in [0.1, 0.15) is 39.1 Å². The smallest absolute Gasteiger partial charge is 0.338 e. The van der Waals surface area contributed by atoms with Crippen molar-refractivity contribution in [3.05, 3.63) is 95.6 Å². The number of hydrogen-bond acceptors (Lipinski definition) is 4. The Bertz CT molecular complexity index is 915. The molecule has 0 bridgehead atoms. The lowest BCUT2D eigenvalue weighted by atomic mass is 9.79. The molecule has 4 nitrogen and oxygen atoms in total. The Morgan fingerprint density at radius 3 is 2.34 bits per heavy atom. The minimum Gasteiger partial charge on any atom is -0.457 e. The van der Waals surface area contributed by atoms with Crippen molar-refractivity contribution in [1.82, 2.24) is 5.32 Å². The van der Waals surface area contributed by atoms with Crippen LogP contribution in [0.15, 0.2) is 78.9 Å². The van der Waals surface area contributed by atoms with E-state index in [9.17, 15) is 9.59 Å². The first-order chi connectivity index (χ1) is 14.2. The van der Waals surface area contributed by atoms with Crippen LogP contribution in [-0.2, 0) is 4.74 Å². The summed E-state index contributed by atoms with van der Waals surface area (Å²) in [5, 5.41) is 3.34. The number of ether oxygens (including phenoxy) is 1. The molecule has 0 spiro atoms. The van der Waals surface area contributed by atoms with Gasteiger partial charge in [-0.25, -0.2) is 4.79 Å². The van der Waals surface area contributed by atoms with E-state index >= 15 is 0 Å². The fraction of sp³-hybridized carbons (Fsp3) is 0.280. The average Bonchev–Trinajstić information content (AvgIpc) is 2.80. The summed E-state index contributed by atoms with van der Waals surface area (Å²) in [6, 6.07) is 15.9. The lowest BCUT2D eigenvalue weighted by Crippen LogP contribution is -2.45. The summed E-state index contributed by atoms with van der Waals surface area (Å²) >= 11 is 0. The molecule has 0 aromatic heterocycles. The van der Waals surface area contributed by atoms with Gasteiger partial charge >= 0.3 is 5.97 Å². The summed E-state index contributed by atoms with van der Waals surface area (Å²) in [5.74, 6) is 0.336. The van der Waals surface area contributed by atoms with Gasteiger partial charge in [-0.15, -0.1) is 0 Å². The Balaban J connectivity index is 1.43. The monoisotopic (exact) mass is 387 g/mol. The zero-order valence-corrected chi connectivity index (χ0v) is 16.3. The molecule has 1 unspecified atom stereocenters. The third kappa shape index (κ3) is 4.54. The molecule has 148 valence electrons. The Hall–Kier alpha value is -2.98. The van der Waals surface area contributed by atoms with Crippen LogP contribution in [0, 0.1) is 11.8 Å². The molecule has 4 heteroatoms. The van der Waals surface area contributed by atoms with Crippen LogP contribution in [-0.4, -0.2) is 30.9 Å². The van der Waals surface area contributed by atoms with E-state index in [1.165, 1.54) is 0 Å². The van der Waals surface area contributed by atoms with E-state index in [4.69, 9.17) is 4.74 Å². The van der Waals surface area contributed by atoms with Crippen molar-refractivity contribution in [2.75, 3.05) is 13.1 Å². The number of benzene rings is 2. The van der Waals surface area contributed by atoms with Crippen LogP contribution in [0.4, 0.5) is 0 Å². The van der Waals surface area contributed by atoms with E-state index < -0.39 is 0 Å². The van der Waals surface area contributed by atoms with Gasteiger partial charge in [-0.05, 0) is 37.4 Å². The summed E-state index contributed by atoms with van der Waals surface area (Å²) in [4.78, 5) is 25.3. The molecule has 1 saturated heterocycles. The topological polar surface area (TPSA) is 55.4 Å². The van der Waals surface area contributed by atoms with Gasteiger partial charge in [0.05, 0.1) is 5.56 Å². The van der Waals surface area contributed by atoms with Crippen LogP contribution in [0.25, 0.3) is 0 Å². The molecule has 0 radical (unpaired) electrons. The van der Waals surface area contributed by atoms with E-state index in [1.54, 1.807) is 36.4 Å². The molecule has 1 aliphatic heterocycles. The quantitative estimate of drug-likeness (QED) is 0.618. The van der Waals surface area contributed by atoms with Crippen LogP contribution in [0.5, 0.6) is 0 Å². The van der Waals surface area contributed by atoms with Crippen molar-refractivity contribution in [2.24, 2.45) is 11.8 Å². The largest absolute Gasteiger partial charge is 0.457 e. The standard InChI is InChI=1S/C25H25NO3/c27-24(19-9-5-2-6-10-19)20-11-13-21(14-12-20)25(28)29-23-17-26-16-15-22(23)18-7-3-1-4-8-18/h1-7,9-14,18,22-23,26H,8,15-17H2/t18-,22?,23+/m0/s1. The minimum atomic E-state index is -0.335. The maximum absolute atomic E-state index is 12.7. The molecule has 3 atom stereocenters. The molecule has 2 aromatic carbocycles. The van der Waals surface area contributed by atoms with Gasteiger partial charge in [0.15, 0.2) is 5.78 Å². The second kappa shape index (κ2) is 9.01. The van der Waals surface area contributed by atoms with Crippen molar-refractivity contribution in [2.45, 2.75) is 18.9 Å². The van der Waals surface area contributed by atoms with Crippen LogP contribution < -0.4 is 5.32 Å². The summed E-state index contributed by atoms with van der Waals surface area (Å²) in [6.45, 7) is 1.62. The molecule has 0 saturated carbocycles. The van der Waals surface area contributed by atoms with E-state index in [1.807, 2.05) is 18.2 Å². The molecule has 1 heterocycles. The first-order valence-corrected chi connectivity index (χ1v) is 10.2. The predicted molar refractivity (Wildman–Crippen MR) is 113 cm³/mol. The molecule has 1 aliphatic carbocycles. The maximum Gasteiger partial charge on any atom is 0.338 e. The third-order valence-corrected chi connectivity index (χ3v) is 5.72. The van der Waals surface area contributed by atoms with Crippen LogP contribution >= 0.6 is 0 Å². The van der Waals surface area contributed by atoms with Gasteiger partial charge < -0.3 is 10.1 Å². The highest BCUT2D eigenvalue weighted by molar-refractivity contribution is 6.09. The lowest BCUT2D eigenvalue weighted by Gasteiger charge is -2.36. The fourth-order valence-corrected chi connectivity index (χ4v) is 4.11. The second-order valence-corrected chi connectivity index (χ2v) is 7.59.